The maximum absolute atomic E-state index is 12.0. The van der Waals surface area contributed by atoms with Gasteiger partial charge in [0.1, 0.15) is 0 Å². The molecule has 1 atom stereocenters. The summed E-state index contributed by atoms with van der Waals surface area (Å²) in [5.74, 6) is 1.32. The van der Waals surface area contributed by atoms with Gasteiger partial charge in [0, 0.05) is 26.1 Å². The fourth-order valence-electron chi connectivity index (χ4n) is 1.74. The van der Waals surface area contributed by atoms with Crippen LogP contribution in [0.3, 0.4) is 0 Å². The molecule has 7 heteroatoms. The molecule has 0 fully saturated rings. The highest BCUT2D eigenvalue weighted by atomic mass is 127. The maximum atomic E-state index is 12.0. The van der Waals surface area contributed by atoms with Gasteiger partial charge in [0.15, 0.2) is 5.96 Å². The molecule has 0 saturated carbocycles. The molecule has 2 N–H and O–H groups in total. The van der Waals surface area contributed by atoms with E-state index in [1.54, 1.807) is 7.05 Å². The van der Waals surface area contributed by atoms with Gasteiger partial charge in [0.25, 0.3) is 0 Å². The number of unbranched alkanes of at least 4 members (excludes halogenated alkanes) is 1. The summed E-state index contributed by atoms with van der Waals surface area (Å²) in [6.45, 7) is 6.95. The summed E-state index contributed by atoms with van der Waals surface area (Å²) in [7, 11) is 1.67. The third-order valence-electron chi connectivity index (χ3n) is 2.96. The third-order valence-corrected chi connectivity index (χ3v) is 2.96. The fraction of sp³-hybridized carbons (Fsp3) is 0.929. The van der Waals surface area contributed by atoms with E-state index < -0.39 is 12.6 Å². The second-order valence-corrected chi connectivity index (χ2v) is 5.59. The molecule has 128 valence electrons. The van der Waals surface area contributed by atoms with Gasteiger partial charge < -0.3 is 10.6 Å². The molecule has 0 amide bonds. The number of hydrogen-bond acceptors (Lipinski definition) is 1. The minimum Gasteiger partial charge on any atom is -0.356 e. The Labute approximate surface area is 143 Å². The number of halogens is 4. The Morgan fingerprint density at radius 1 is 1.10 bits per heavy atom. The monoisotopic (exact) mass is 423 g/mol. The lowest BCUT2D eigenvalue weighted by molar-refractivity contribution is -0.135. The molecule has 0 radical (unpaired) electrons. The van der Waals surface area contributed by atoms with Crippen molar-refractivity contribution in [2.75, 3.05) is 13.6 Å². The average molecular weight is 423 g/mol. The highest BCUT2D eigenvalue weighted by Crippen LogP contribution is 2.21. The van der Waals surface area contributed by atoms with Crippen LogP contribution in [0.15, 0.2) is 4.99 Å². The van der Waals surface area contributed by atoms with Gasteiger partial charge in [-0.15, -0.1) is 24.0 Å². The SMILES string of the molecule is CN=C(NCCCCC(F)(F)F)NC(C)CCC(C)C.I. The highest BCUT2D eigenvalue weighted by Gasteiger charge is 2.25. The average Bonchev–Trinajstić information content (AvgIpc) is 2.33. The molecule has 0 aliphatic carbocycles. The molecule has 0 aromatic carbocycles. The highest BCUT2D eigenvalue weighted by molar-refractivity contribution is 14.0. The summed E-state index contributed by atoms with van der Waals surface area (Å²) in [6.07, 6.45) is -1.95. The summed E-state index contributed by atoms with van der Waals surface area (Å²) in [6, 6.07) is 0.304. The number of guanidine groups is 1. The zero-order chi connectivity index (χ0) is 15.6. The minimum absolute atomic E-state index is 0. The Hall–Kier alpha value is -0.210. The molecule has 21 heavy (non-hydrogen) atoms. The van der Waals surface area contributed by atoms with Crippen molar-refractivity contribution >= 4 is 29.9 Å². The normalized spacial score (nSPS) is 13.8. The van der Waals surface area contributed by atoms with Gasteiger partial charge in [0.05, 0.1) is 0 Å². The fourth-order valence-corrected chi connectivity index (χ4v) is 1.74. The Balaban J connectivity index is 0. The van der Waals surface area contributed by atoms with Gasteiger partial charge in [-0.3, -0.25) is 4.99 Å². The first kappa shape index (κ1) is 23.1. The Morgan fingerprint density at radius 2 is 1.71 bits per heavy atom. The Bertz CT molecular complexity index is 281. The van der Waals surface area contributed by atoms with Crippen molar-refractivity contribution < 1.29 is 13.2 Å². The predicted molar refractivity (Wildman–Crippen MR) is 93.4 cm³/mol. The maximum Gasteiger partial charge on any atom is 0.389 e. The minimum atomic E-state index is -4.05. The quantitative estimate of drug-likeness (QED) is 0.264. The van der Waals surface area contributed by atoms with Gasteiger partial charge in [-0.2, -0.15) is 13.2 Å². The largest absolute Gasteiger partial charge is 0.389 e. The van der Waals surface area contributed by atoms with E-state index in [-0.39, 0.29) is 30.4 Å². The van der Waals surface area contributed by atoms with Crippen molar-refractivity contribution in [3.63, 3.8) is 0 Å². The number of rotatable bonds is 8. The molecule has 0 aliphatic heterocycles. The number of aliphatic imine (C=N–C) groups is 1. The van der Waals surface area contributed by atoms with E-state index in [9.17, 15) is 13.2 Å². The molecule has 0 saturated heterocycles. The molecule has 0 aromatic rings. The van der Waals surface area contributed by atoms with Crippen LogP contribution in [-0.4, -0.2) is 31.8 Å². The number of alkyl halides is 3. The van der Waals surface area contributed by atoms with Crippen molar-refractivity contribution in [3.8, 4) is 0 Å². The Kier molecular flexibility index (Phi) is 13.6. The van der Waals surface area contributed by atoms with E-state index in [0.29, 0.717) is 30.9 Å². The Morgan fingerprint density at radius 3 is 2.19 bits per heavy atom. The van der Waals surface area contributed by atoms with Gasteiger partial charge >= 0.3 is 6.18 Å². The molecular formula is C14H29F3IN3. The summed E-state index contributed by atoms with van der Waals surface area (Å²) in [5, 5.41) is 6.29. The van der Waals surface area contributed by atoms with Crippen molar-refractivity contribution in [1.29, 1.82) is 0 Å². The molecule has 0 aliphatic rings. The summed E-state index contributed by atoms with van der Waals surface area (Å²) < 4.78 is 35.9. The summed E-state index contributed by atoms with van der Waals surface area (Å²) >= 11 is 0. The lowest BCUT2D eigenvalue weighted by atomic mass is 10.0. The number of nitrogens with zero attached hydrogens (tertiary/aromatic N) is 1. The lowest BCUT2D eigenvalue weighted by Gasteiger charge is -2.18. The molecule has 0 bridgehead atoms. The number of nitrogens with one attached hydrogen (secondary N) is 2. The first-order valence-electron chi connectivity index (χ1n) is 7.28. The van der Waals surface area contributed by atoms with E-state index in [1.165, 1.54) is 0 Å². The van der Waals surface area contributed by atoms with E-state index in [1.807, 2.05) is 0 Å². The molecule has 0 rings (SSSR count). The number of hydrogen-bond donors (Lipinski definition) is 2. The van der Waals surface area contributed by atoms with Crippen LogP contribution in [0.25, 0.3) is 0 Å². The van der Waals surface area contributed by atoms with Crippen LogP contribution < -0.4 is 10.6 Å². The molecule has 1 unspecified atom stereocenters. The van der Waals surface area contributed by atoms with Gasteiger partial charge in [0.2, 0.25) is 0 Å². The van der Waals surface area contributed by atoms with Gasteiger partial charge in [-0.1, -0.05) is 13.8 Å². The third kappa shape index (κ3) is 16.0. The van der Waals surface area contributed by atoms with Crippen LogP contribution in [0.2, 0.25) is 0 Å². The van der Waals surface area contributed by atoms with Crippen LogP contribution in [0.4, 0.5) is 13.2 Å². The van der Waals surface area contributed by atoms with E-state index in [2.05, 4.69) is 36.4 Å². The summed E-state index contributed by atoms with van der Waals surface area (Å²) in [4.78, 5) is 4.07. The van der Waals surface area contributed by atoms with E-state index >= 15 is 0 Å². The van der Waals surface area contributed by atoms with Crippen LogP contribution in [-0.2, 0) is 0 Å². The topological polar surface area (TPSA) is 36.4 Å². The molecule has 0 spiro atoms. The predicted octanol–water partition coefficient (Wildman–Crippen LogP) is 4.33. The van der Waals surface area contributed by atoms with Crippen molar-refractivity contribution in [3.05, 3.63) is 0 Å². The molecule has 3 nitrogen and oxygen atoms in total. The molecule has 0 heterocycles. The van der Waals surface area contributed by atoms with Crippen LogP contribution in [0.5, 0.6) is 0 Å². The second-order valence-electron chi connectivity index (χ2n) is 5.59. The van der Waals surface area contributed by atoms with Crippen molar-refractivity contribution in [2.24, 2.45) is 10.9 Å². The van der Waals surface area contributed by atoms with Gasteiger partial charge in [-0.05, 0) is 38.5 Å². The van der Waals surface area contributed by atoms with Crippen molar-refractivity contribution in [2.45, 2.75) is 65.1 Å². The van der Waals surface area contributed by atoms with E-state index in [0.717, 1.165) is 12.8 Å². The van der Waals surface area contributed by atoms with Crippen LogP contribution >= 0.6 is 24.0 Å². The zero-order valence-corrected chi connectivity index (χ0v) is 15.7. The van der Waals surface area contributed by atoms with Crippen LogP contribution in [0.1, 0.15) is 52.9 Å². The second kappa shape index (κ2) is 12.3. The molecular weight excluding hydrogens is 394 g/mol. The lowest BCUT2D eigenvalue weighted by Crippen LogP contribution is -2.42. The van der Waals surface area contributed by atoms with Crippen LogP contribution in [0, 0.1) is 5.92 Å². The first-order valence-corrected chi connectivity index (χ1v) is 7.28. The first-order chi connectivity index (χ1) is 9.24. The molecule has 0 aromatic heterocycles. The smallest absolute Gasteiger partial charge is 0.356 e. The standard InChI is InChI=1S/C14H28F3N3.HI/c1-11(2)7-8-12(3)20-13(18-4)19-10-6-5-9-14(15,16)17;/h11-12H,5-10H2,1-4H3,(H2,18,19,20);1H. The zero-order valence-electron chi connectivity index (χ0n) is 13.4. The summed E-state index contributed by atoms with van der Waals surface area (Å²) in [5.41, 5.74) is 0. The van der Waals surface area contributed by atoms with Gasteiger partial charge in [-0.25, -0.2) is 0 Å². The van der Waals surface area contributed by atoms with Crippen molar-refractivity contribution in [1.82, 2.24) is 10.6 Å². The van der Waals surface area contributed by atoms with E-state index in [4.69, 9.17) is 0 Å².